The molecule has 0 bridgehead atoms. The second-order valence-corrected chi connectivity index (χ2v) is 11.1. The molecule has 0 aliphatic heterocycles. The van der Waals surface area contributed by atoms with E-state index in [9.17, 15) is 0 Å². The van der Waals surface area contributed by atoms with Crippen LogP contribution in [0.2, 0.25) is 0 Å². The summed E-state index contributed by atoms with van der Waals surface area (Å²) in [6.45, 7) is 0. The van der Waals surface area contributed by atoms with Gasteiger partial charge in [-0.05, 0) is 47.2 Å². The van der Waals surface area contributed by atoms with Crippen molar-refractivity contribution >= 4 is 54.3 Å². The van der Waals surface area contributed by atoms with Crippen molar-refractivity contribution < 1.29 is 0 Å². The minimum atomic E-state index is 0.967. The molecule has 9 rings (SSSR count). The number of rotatable bonds is 3. The molecule has 6 aromatic carbocycles. The predicted molar refractivity (Wildman–Crippen MR) is 180 cm³/mol. The molecule has 0 fully saturated rings. The topological polar surface area (TPSA) is 30.7 Å². The van der Waals surface area contributed by atoms with Gasteiger partial charge in [-0.2, -0.15) is 0 Å². The van der Waals surface area contributed by atoms with Gasteiger partial charge in [0, 0.05) is 49.9 Å². The number of fused-ring (bicyclic) bond motifs is 7. The van der Waals surface area contributed by atoms with Crippen LogP contribution in [0.25, 0.3) is 82.5 Å². The highest BCUT2D eigenvalue weighted by Gasteiger charge is 2.16. The van der Waals surface area contributed by atoms with Crippen molar-refractivity contribution in [3.05, 3.63) is 152 Å². The molecule has 0 amide bonds. The van der Waals surface area contributed by atoms with Gasteiger partial charge >= 0.3 is 0 Å². The van der Waals surface area contributed by atoms with E-state index in [4.69, 9.17) is 9.97 Å². The van der Waals surface area contributed by atoms with Crippen LogP contribution in [0, 0.1) is 0 Å². The molecule has 3 nitrogen and oxygen atoms in total. The van der Waals surface area contributed by atoms with Gasteiger partial charge in [-0.15, -0.1) is 0 Å². The van der Waals surface area contributed by atoms with E-state index in [1.54, 1.807) is 0 Å². The summed E-state index contributed by atoms with van der Waals surface area (Å²) in [6, 6.07) is 51.7. The molecule has 0 spiro atoms. The Morgan fingerprint density at radius 2 is 1.16 bits per heavy atom. The average molecular weight is 548 g/mol. The number of hydrogen-bond donors (Lipinski definition) is 0. The lowest BCUT2D eigenvalue weighted by molar-refractivity contribution is 1.18. The van der Waals surface area contributed by atoms with Gasteiger partial charge in [0.05, 0.1) is 27.9 Å². The van der Waals surface area contributed by atoms with Crippen LogP contribution in [0.4, 0.5) is 0 Å². The van der Waals surface area contributed by atoms with E-state index in [0.717, 1.165) is 50.0 Å². The first-order valence-electron chi connectivity index (χ1n) is 14.6. The third-order valence-electron chi connectivity index (χ3n) is 8.59. The molecule has 0 aliphatic rings. The molecular formula is C40H25N3. The van der Waals surface area contributed by atoms with E-state index in [2.05, 4.69) is 150 Å². The Balaban J connectivity index is 1.29. The fourth-order valence-electron chi connectivity index (χ4n) is 6.57. The van der Waals surface area contributed by atoms with Crippen molar-refractivity contribution in [2.45, 2.75) is 0 Å². The summed E-state index contributed by atoms with van der Waals surface area (Å²) in [5.41, 5.74) is 8.60. The number of aromatic nitrogens is 3. The summed E-state index contributed by atoms with van der Waals surface area (Å²) < 4.78 is 2.38. The van der Waals surface area contributed by atoms with Gasteiger partial charge in [-0.25, -0.2) is 4.98 Å². The van der Waals surface area contributed by atoms with E-state index in [-0.39, 0.29) is 0 Å². The van der Waals surface area contributed by atoms with Crippen LogP contribution in [0.1, 0.15) is 0 Å². The maximum absolute atomic E-state index is 5.20. The van der Waals surface area contributed by atoms with Crippen LogP contribution in [-0.2, 0) is 0 Å². The molecule has 0 saturated heterocycles. The zero-order chi connectivity index (χ0) is 28.3. The number of nitrogens with zero attached hydrogens (tertiary/aromatic N) is 3. The average Bonchev–Trinajstić information content (AvgIpc) is 3.41. The van der Waals surface area contributed by atoms with E-state index in [1.165, 1.54) is 32.4 Å². The zero-order valence-corrected chi connectivity index (χ0v) is 23.3. The first kappa shape index (κ1) is 23.9. The second kappa shape index (κ2) is 9.37. The summed E-state index contributed by atoms with van der Waals surface area (Å²) >= 11 is 0. The van der Waals surface area contributed by atoms with E-state index in [0.29, 0.717) is 0 Å². The monoisotopic (exact) mass is 547 g/mol. The minimum absolute atomic E-state index is 0.967. The van der Waals surface area contributed by atoms with Crippen LogP contribution < -0.4 is 0 Å². The fraction of sp³-hybridized carbons (Fsp3) is 0. The summed E-state index contributed by atoms with van der Waals surface area (Å²) in [7, 11) is 0. The lowest BCUT2D eigenvalue weighted by Crippen LogP contribution is -1.95. The second-order valence-electron chi connectivity index (χ2n) is 11.1. The Bertz CT molecular complexity index is 2520. The summed E-state index contributed by atoms with van der Waals surface area (Å²) in [5.74, 6) is 0. The standard InChI is InChI=1S/C40H25N3/c1-2-11-29-25-41-37(23-26(29)10-1)27-12-9-13-30(22-27)43-38-19-8-6-16-33(38)34-21-20-28(24-39(34)43)40-35-17-4-3-14-31(35)32-15-5-7-18-36(32)42-40/h1-25H. The van der Waals surface area contributed by atoms with Crippen LogP contribution in [0.3, 0.4) is 0 Å². The van der Waals surface area contributed by atoms with Crippen LogP contribution in [0.15, 0.2) is 152 Å². The SMILES string of the molecule is c1cc(-c2cc3ccccc3cn2)cc(-n2c3ccccc3c3ccc(-c4nc5ccccc5c5ccccc45)cc32)c1. The van der Waals surface area contributed by atoms with Gasteiger partial charge in [0.25, 0.3) is 0 Å². The molecule has 0 N–H and O–H groups in total. The summed E-state index contributed by atoms with van der Waals surface area (Å²) in [5, 5.41) is 8.35. The molecule has 0 unspecified atom stereocenters. The Morgan fingerprint density at radius 1 is 0.442 bits per heavy atom. The lowest BCUT2D eigenvalue weighted by atomic mass is 9.99. The number of hydrogen-bond acceptors (Lipinski definition) is 2. The molecule has 3 heterocycles. The maximum atomic E-state index is 5.20. The van der Waals surface area contributed by atoms with Gasteiger partial charge < -0.3 is 4.57 Å². The molecule has 9 aromatic rings. The molecule has 3 aromatic heterocycles. The molecular weight excluding hydrogens is 522 g/mol. The normalized spacial score (nSPS) is 11.7. The Morgan fingerprint density at radius 3 is 2.07 bits per heavy atom. The van der Waals surface area contributed by atoms with E-state index in [1.807, 2.05) is 6.20 Å². The fourth-order valence-corrected chi connectivity index (χ4v) is 6.57. The summed E-state index contributed by atoms with van der Waals surface area (Å²) in [4.78, 5) is 10.0. The van der Waals surface area contributed by atoms with E-state index < -0.39 is 0 Å². The van der Waals surface area contributed by atoms with Gasteiger partial charge in [0.2, 0.25) is 0 Å². The number of pyridine rings is 2. The van der Waals surface area contributed by atoms with Gasteiger partial charge in [0.15, 0.2) is 0 Å². The molecule has 0 atom stereocenters. The third-order valence-corrected chi connectivity index (χ3v) is 8.59. The van der Waals surface area contributed by atoms with Gasteiger partial charge in [-0.3, -0.25) is 4.98 Å². The third kappa shape index (κ3) is 3.75. The predicted octanol–water partition coefficient (Wildman–Crippen LogP) is 10.4. The van der Waals surface area contributed by atoms with Crippen LogP contribution >= 0.6 is 0 Å². The minimum Gasteiger partial charge on any atom is -0.309 e. The zero-order valence-electron chi connectivity index (χ0n) is 23.3. The molecule has 0 radical (unpaired) electrons. The highest BCUT2D eigenvalue weighted by atomic mass is 15.0. The number of para-hydroxylation sites is 2. The Hall–Kier alpha value is -5.80. The summed E-state index contributed by atoms with van der Waals surface area (Å²) in [6.07, 6.45) is 1.96. The largest absolute Gasteiger partial charge is 0.309 e. The van der Waals surface area contributed by atoms with Gasteiger partial charge in [0.1, 0.15) is 0 Å². The van der Waals surface area contributed by atoms with Crippen LogP contribution in [0.5, 0.6) is 0 Å². The Labute approximate surface area is 248 Å². The Kier molecular flexibility index (Phi) is 5.20. The molecule has 0 saturated carbocycles. The highest BCUT2D eigenvalue weighted by molar-refractivity contribution is 6.13. The van der Waals surface area contributed by atoms with Crippen molar-refractivity contribution in [1.29, 1.82) is 0 Å². The quantitative estimate of drug-likeness (QED) is 0.206. The van der Waals surface area contributed by atoms with Crippen molar-refractivity contribution in [2.24, 2.45) is 0 Å². The first-order valence-corrected chi connectivity index (χ1v) is 14.6. The van der Waals surface area contributed by atoms with Gasteiger partial charge in [-0.1, -0.05) is 109 Å². The van der Waals surface area contributed by atoms with Crippen molar-refractivity contribution in [3.8, 4) is 28.2 Å². The smallest absolute Gasteiger partial charge is 0.0788 e. The highest BCUT2D eigenvalue weighted by Crippen LogP contribution is 2.38. The van der Waals surface area contributed by atoms with Crippen LogP contribution in [-0.4, -0.2) is 14.5 Å². The molecule has 3 heteroatoms. The van der Waals surface area contributed by atoms with Crippen molar-refractivity contribution in [1.82, 2.24) is 14.5 Å². The number of benzene rings is 6. The molecule has 43 heavy (non-hydrogen) atoms. The maximum Gasteiger partial charge on any atom is 0.0788 e. The van der Waals surface area contributed by atoms with Crippen molar-refractivity contribution in [2.75, 3.05) is 0 Å². The lowest BCUT2D eigenvalue weighted by Gasteiger charge is -2.12. The van der Waals surface area contributed by atoms with Crippen molar-refractivity contribution in [3.63, 3.8) is 0 Å². The first-order chi connectivity index (χ1) is 21.3. The molecule has 0 aliphatic carbocycles. The van der Waals surface area contributed by atoms with E-state index >= 15 is 0 Å². The molecule has 200 valence electrons.